The first-order valence-corrected chi connectivity index (χ1v) is 12.1. The van der Waals surface area contributed by atoms with Crippen molar-refractivity contribution >= 4 is 66.9 Å². The van der Waals surface area contributed by atoms with E-state index in [-0.39, 0.29) is 57.0 Å². The third-order valence-corrected chi connectivity index (χ3v) is 9.86. The highest BCUT2D eigenvalue weighted by atomic mass is 79.9. The van der Waals surface area contributed by atoms with Gasteiger partial charge in [-0.15, -0.1) is 0 Å². The molecule has 1 N–H and O–H groups in total. The Labute approximate surface area is 192 Å². The van der Waals surface area contributed by atoms with Crippen LogP contribution in [-0.2, 0) is 14.4 Å². The summed E-state index contributed by atoms with van der Waals surface area (Å²) in [5.74, 6) is -0.959. The van der Waals surface area contributed by atoms with Crippen molar-refractivity contribution in [2.45, 2.75) is 42.4 Å². The van der Waals surface area contributed by atoms with E-state index in [1.165, 1.54) is 4.90 Å². The minimum atomic E-state index is -0.818. The summed E-state index contributed by atoms with van der Waals surface area (Å²) in [5.41, 5.74) is 0.552. The second-order valence-corrected chi connectivity index (χ2v) is 11.2. The fourth-order valence-electron chi connectivity index (χ4n) is 5.25. The zero-order valence-corrected chi connectivity index (χ0v) is 20.1. The zero-order valence-electron chi connectivity index (χ0n) is 16.1. The number of alkyl halides is 2. The average Bonchev–Trinajstić information content (AvgIpc) is 3.25. The van der Waals surface area contributed by atoms with E-state index in [9.17, 15) is 14.4 Å². The molecule has 2 saturated carbocycles. The van der Waals surface area contributed by atoms with Crippen molar-refractivity contribution in [1.29, 1.82) is 0 Å². The lowest BCUT2D eigenvalue weighted by atomic mass is 9.81. The van der Waals surface area contributed by atoms with Crippen molar-refractivity contribution in [3.05, 3.63) is 29.3 Å². The van der Waals surface area contributed by atoms with Crippen molar-refractivity contribution < 1.29 is 14.4 Å². The molecule has 1 aromatic carbocycles. The van der Waals surface area contributed by atoms with E-state index in [4.69, 9.17) is 11.6 Å². The number of halogens is 3. The SMILES string of the molecule is CC(C)C[C@H](C(=O)Nc1cccc(Cl)c1)N1C(=O)[C@@H]2[C@H]3C[C@@H]([C@H](Br)[C@H]3Br)[C@@H]2C1=O. The Morgan fingerprint density at radius 1 is 1.17 bits per heavy atom. The molecule has 0 unspecified atom stereocenters. The Morgan fingerprint density at radius 3 is 2.28 bits per heavy atom. The summed E-state index contributed by atoms with van der Waals surface area (Å²) in [6, 6.07) is 6.04. The number of nitrogens with one attached hydrogen (secondary N) is 1. The second-order valence-electron chi connectivity index (χ2n) is 8.70. The predicted octanol–water partition coefficient (Wildman–Crippen LogP) is 4.47. The van der Waals surface area contributed by atoms with Crippen LogP contribution in [0, 0.1) is 29.6 Å². The number of amides is 3. The lowest BCUT2D eigenvalue weighted by Crippen LogP contribution is -2.49. The molecule has 29 heavy (non-hydrogen) atoms. The Bertz CT molecular complexity index is 832. The van der Waals surface area contributed by atoms with Gasteiger partial charge in [-0.1, -0.05) is 63.4 Å². The van der Waals surface area contributed by atoms with Gasteiger partial charge in [-0.3, -0.25) is 19.3 Å². The summed E-state index contributed by atoms with van der Waals surface area (Å²) < 4.78 is 0. The summed E-state index contributed by atoms with van der Waals surface area (Å²) in [7, 11) is 0. The van der Waals surface area contributed by atoms with E-state index in [0.29, 0.717) is 17.1 Å². The molecular formula is C21H23Br2ClN2O3. The second kappa shape index (κ2) is 7.97. The molecule has 0 spiro atoms. The normalized spacial score (nSPS) is 34.1. The quantitative estimate of drug-likeness (QED) is 0.438. The zero-order chi connectivity index (χ0) is 21.0. The van der Waals surface area contributed by atoms with Crippen LogP contribution in [0.3, 0.4) is 0 Å². The summed E-state index contributed by atoms with van der Waals surface area (Å²) in [6.45, 7) is 3.97. The highest BCUT2D eigenvalue weighted by Gasteiger charge is 2.67. The number of anilines is 1. The molecule has 8 heteroatoms. The fourth-order valence-corrected chi connectivity index (χ4v) is 7.31. The third kappa shape index (κ3) is 3.57. The largest absolute Gasteiger partial charge is 0.324 e. The van der Waals surface area contributed by atoms with E-state index >= 15 is 0 Å². The molecule has 0 radical (unpaired) electrons. The number of hydrogen-bond donors (Lipinski definition) is 1. The van der Waals surface area contributed by atoms with Gasteiger partial charge in [-0.05, 0) is 48.8 Å². The molecule has 0 aromatic heterocycles. The Hall–Kier alpha value is -0.920. The summed E-state index contributed by atoms with van der Waals surface area (Å²) in [6.07, 6.45) is 1.30. The number of likely N-dealkylation sites (tertiary alicyclic amines) is 1. The highest BCUT2D eigenvalue weighted by molar-refractivity contribution is 9.12. The van der Waals surface area contributed by atoms with Gasteiger partial charge in [0.1, 0.15) is 6.04 Å². The lowest BCUT2D eigenvalue weighted by Gasteiger charge is -2.28. The van der Waals surface area contributed by atoms with E-state index < -0.39 is 6.04 Å². The van der Waals surface area contributed by atoms with Crippen molar-refractivity contribution in [3.8, 4) is 0 Å². The minimum Gasteiger partial charge on any atom is -0.324 e. The van der Waals surface area contributed by atoms with Gasteiger partial charge in [-0.2, -0.15) is 0 Å². The van der Waals surface area contributed by atoms with Crippen molar-refractivity contribution in [1.82, 2.24) is 4.90 Å². The van der Waals surface area contributed by atoms with Gasteiger partial charge >= 0.3 is 0 Å². The summed E-state index contributed by atoms with van der Waals surface area (Å²) in [5, 5.41) is 3.35. The van der Waals surface area contributed by atoms with Gasteiger partial charge in [-0.25, -0.2) is 0 Å². The molecule has 4 rings (SSSR count). The van der Waals surface area contributed by atoms with Crippen LogP contribution in [0.1, 0.15) is 26.7 Å². The first kappa shape index (κ1) is 21.3. The molecule has 3 fully saturated rings. The number of carbonyl (C=O) groups is 3. The van der Waals surface area contributed by atoms with Gasteiger partial charge in [0.05, 0.1) is 11.8 Å². The molecule has 2 bridgehead atoms. The first-order valence-electron chi connectivity index (χ1n) is 9.92. The number of benzene rings is 1. The predicted molar refractivity (Wildman–Crippen MR) is 119 cm³/mol. The molecule has 156 valence electrons. The lowest BCUT2D eigenvalue weighted by molar-refractivity contribution is -0.147. The maximum Gasteiger partial charge on any atom is 0.247 e. The van der Waals surface area contributed by atoms with Crippen LogP contribution in [0.2, 0.25) is 5.02 Å². The minimum absolute atomic E-state index is 0.131. The molecule has 2 aliphatic carbocycles. The van der Waals surface area contributed by atoms with Crippen LogP contribution >= 0.6 is 43.5 Å². The summed E-state index contributed by atoms with van der Waals surface area (Å²) in [4.78, 5) is 41.4. The number of imide groups is 1. The monoisotopic (exact) mass is 544 g/mol. The van der Waals surface area contributed by atoms with Crippen molar-refractivity contribution in [2.75, 3.05) is 5.32 Å². The molecule has 1 aromatic rings. The number of fused-ring (bicyclic) bond motifs is 5. The van der Waals surface area contributed by atoms with E-state index in [1.54, 1.807) is 24.3 Å². The Morgan fingerprint density at radius 2 is 1.76 bits per heavy atom. The van der Waals surface area contributed by atoms with E-state index in [2.05, 4.69) is 37.2 Å². The molecule has 1 aliphatic heterocycles. The maximum absolute atomic E-state index is 13.3. The number of rotatable bonds is 5. The number of hydrogen-bond acceptors (Lipinski definition) is 3. The van der Waals surface area contributed by atoms with Gasteiger partial charge in [0.15, 0.2) is 0 Å². The van der Waals surface area contributed by atoms with E-state index in [0.717, 1.165) is 6.42 Å². The smallest absolute Gasteiger partial charge is 0.247 e. The molecule has 3 amide bonds. The van der Waals surface area contributed by atoms with Crippen molar-refractivity contribution in [3.63, 3.8) is 0 Å². The molecule has 1 saturated heterocycles. The van der Waals surface area contributed by atoms with Gasteiger partial charge in [0.2, 0.25) is 17.7 Å². The Kier molecular flexibility index (Phi) is 5.86. The molecular weight excluding hydrogens is 524 g/mol. The van der Waals surface area contributed by atoms with Crippen LogP contribution in [-0.4, -0.2) is 38.3 Å². The van der Waals surface area contributed by atoms with Gasteiger partial charge < -0.3 is 5.32 Å². The van der Waals surface area contributed by atoms with Crippen LogP contribution < -0.4 is 5.32 Å². The molecule has 7 atom stereocenters. The summed E-state index contributed by atoms with van der Waals surface area (Å²) >= 11 is 13.4. The van der Waals surface area contributed by atoms with Crippen LogP contribution in [0.4, 0.5) is 5.69 Å². The fraction of sp³-hybridized carbons (Fsp3) is 0.571. The maximum atomic E-state index is 13.3. The molecule has 5 nitrogen and oxygen atoms in total. The highest BCUT2D eigenvalue weighted by Crippen LogP contribution is 2.60. The Balaban J connectivity index is 1.61. The topological polar surface area (TPSA) is 66.5 Å². The standard InChI is InChI=1S/C21H23Br2ClN2O3/c1-9(2)6-14(19(27)25-11-5-3-4-10(24)7-11)26-20(28)15-12-8-13(16(15)21(26)29)18(23)17(12)22/h3-5,7,9,12-18H,6,8H2,1-2H3,(H,25,27)/t12-,13-,14-,15-,16+,17+,18+/m1/s1. The molecule has 1 heterocycles. The van der Waals surface area contributed by atoms with Crippen LogP contribution in [0.15, 0.2) is 24.3 Å². The van der Waals surface area contributed by atoms with Crippen LogP contribution in [0.5, 0.6) is 0 Å². The number of carbonyl (C=O) groups excluding carboxylic acids is 3. The van der Waals surface area contributed by atoms with Gasteiger partial charge in [0.25, 0.3) is 0 Å². The van der Waals surface area contributed by atoms with Crippen molar-refractivity contribution in [2.24, 2.45) is 29.6 Å². The third-order valence-electron chi connectivity index (χ3n) is 6.42. The molecule has 3 aliphatic rings. The first-order chi connectivity index (χ1) is 13.7. The van der Waals surface area contributed by atoms with E-state index in [1.807, 2.05) is 13.8 Å². The van der Waals surface area contributed by atoms with Crippen LogP contribution in [0.25, 0.3) is 0 Å². The average molecular weight is 547 g/mol. The number of nitrogens with zero attached hydrogens (tertiary/aromatic N) is 1. The van der Waals surface area contributed by atoms with Gasteiger partial charge in [0, 0.05) is 20.4 Å².